The van der Waals surface area contributed by atoms with E-state index in [0.29, 0.717) is 29.2 Å². The number of hydrogen-bond acceptors (Lipinski definition) is 4. The van der Waals surface area contributed by atoms with Crippen molar-refractivity contribution >= 4 is 23.1 Å². The number of pyridine rings is 1. The van der Waals surface area contributed by atoms with E-state index in [0.717, 1.165) is 5.56 Å². The zero-order valence-electron chi connectivity index (χ0n) is 13.4. The fourth-order valence-corrected chi connectivity index (χ4v) is 2.36. The van der Waals surface area contributed by atoms with Crippen LogP contribution in [0.25, 0.3) is 0 Å². The quantitative estimate of drug-likeness (QED) is 0.745. The molecule has 0 unspecified atom stereocenters. The zero-order chi connectivity index (χ0) is 17.5. The highest BCUT2D eigenvalue weighted by Crippen LogP contribution is 2.19. The van der Waals surface area contributed by atoms with Crippen LogP contribution in [0.4, 0.5) is 17.2 Å². The number of para-hydroxylation sites is 1. The molecule has 0 atom stereocenters. The summed E-state index contributed by atoms with van der Waals surface area (Å²) in [6.45, 7) is 0. The SMILES string of the molecule is N#Cc1ccccc1Nc1ccc(NC(=O)Cc2ccccc2)cn1. The third kappa shape index (κ3) is 4.43. The highest BCUT2D eigenvalue weighted by Gasteiger charge is 2.05. The molecule has 2 N–H and O–H groups in total. The first-order valence-electron chi connectivity index (χ1n) is 7.80. The summed E-state index contributed by atoms with van der Waals surface area (Å²) in [6.07, 6.45) is 1.90. The smallest absolute Gasteiger partial charge is 0.228 e. The second-order valence-electron chi connectivity index (χ2n) is 5.43. The molecule has 1 amide bonds. The lowest BCUT2D eigenvalue weighted by Gasteiger charge is -2.09. The molecule has 1 heterocycles. The molecule has 122 valence electrons. The van der Waals surface area contributed by atoms with Gasteiger partial charge in [0.2, 0.25) is 5.91 Å². The van der Waals surface area contributed by atoms with Crippen LogP contribution in [0.15, 0.2) is 72.9 Å². The van der Waals surface area contributed by atoms with Crippen LogP contribution >= 0.6 is 0 Å². The van der Waals surface area contributed by atoms with Gasteiger partial charge < -0.3 is 10.6 Å². The van der Waals surface area contributed by atoms with E-state index in [1.807, 2.05) is 48.5 Å². The molecule has 0 saturated carbocycles. The van der Waals surface area contributed by atoms with Gasteiger partial charge in [-0.15, -0.1) is 0 Å². The minimum Gasteiger partial charge on any atom is -0.339 e. The van der Waals surface area contributed by atoms with Crippen LogP contribution in [0, 0.1) is 11.3 Å². The monoisotopic (exact) mass is 328 g/mol. The van der Waals surface area contributed by atoms with E-state index >= 15 is 0 Å². The first-order valence-corrected chi connectivity index (χ1v) is 7.80. The predicted molar refractivity (Wildman–Crippen MR) is 97.5 cm³/mol. The van der Waals surface area contributed by atoms with Gasteiger partial charge in [0.1, 0.15) is 11.9 Å². The summed E-state index contributed by atoms with van der Waals surface area (Å²) in [6, 6.07) is 22.4. The summed E-state index contributed by atoms with van der Waals surface area (Å²) in [5.74, 6) is 0.507. The van der Waals surface area contributed by atoms with Crippen LogP contribution in [0.3, 0.4) is 0 Å². The van der Waals surface area contributed by atoms with Crippen molar-refractivity contribution in [2.75, 3.05) is 10.6 Å². The van der Waals surface area contributed by atoms with Crippen molar-refractivity contribution in [2.24, 2.45) is 0 Å². The Bertz CT molecular complexity index is 899. The lowest BCUT2D eigenvalue weighted by molar-refractivity contribution is -0.115. The van der Waals surface area contributed by atoms with Gasteiger partial charge in [-0.1, -0.05) is 42.5 Å². The van der Waals surface area contributed by atoms with Crippen LogP contribution in [0.1, 0.15) is 11.1 Å². The lowest BCUT2D eigenvalue weighted by Crippen LogP contribution is -2.14. The van der Waals surface area contributed by atoms with E-state index < -0.39 is 0 Å². The number of benzene rings is 2. The van der Waals surface area contributed by atoms with Crippen molar-refractivity contribution in [3.8, 4) is 6.07 Å². The summed E-state index contributed by atoms with van der Waals surface area (Å²) >= 11 is 0. The molecule has 0 fully saturated rings. The lowest BCUT2D eigenvalue weighted by atomic mass is 10.1. The second-order valence-corrected chi connectivity index (χ2v) is 5.43. The fourth-order valence-electron chi connectivity index (χ4n) is 2.36. The van der Waals surface area contributed by atoms with Gasteiger partial charge in [-0.25, -0.2) is 4.98 Å². The van der Waals surface area contributed by atoms with Crippen molar-refractivity contribution in [1.82, 2.24) is 4.98 Å². The van der Waals surface area contributed by atoms with Gasteiger partial charge in [0.15, 0.2) is 0 Å². The first-order chi connectivity index (χ1) is 12.2. The van der Waals surface area contributed by atoms with E-state index in [9.17, 15) is 4.79 Å². The Morgan fingerprint density at radius 3 is 2.48 bits per heavy atom. The zero-order valence-corrected chi connectivity index (χ0v) is 13.4. The third-order valence-electron chi connectivity index (χ3n) is 3.57. The number of anilines is 3. The number of nitriles is 1. The van der Waals surface area contributed by atoms with E-state index in [4.69, 9.17) is 5.26 Å². The van der Waals surface area contributed by atoms with Gasteiger partial charge in [-0.3, -0.25) is 4.79 Å². The Balaban J connectivity index is 1.62. The number of nitrogens with zero attached hydrogens (tertiary/aromatic N) is 2. The maximum absolute atomic E-state index is 12.1. The van der Waals surface area contributed by atoms with Crippen molar-refractivity contribution in [2.45, 2.75) is 6.42 Å². The standard InChI is InChI=1S/C20H16N4O/c21-13-16-8-4-5-9-18(16)24-19-11-10-17(14-22-19)23-20(25)12-15-6-2-1-3-7-15/h1-11,14H,12H2,(H,22,24)(H,23,25). The molecule has 0 aliphatic heterocycles. The molecule has 0 bridgehead atoms. The molecule has 0 aliphatic rings. The Kier molecular flexibility index (Phi) is 5.03. The molecule has 3 rings (SSSR count). The summed E-state index contributed by atoms with van der Waals surface area (Å²) in [5.41, 5.74) is 2.82. The largest absolute Gasteiger partial charge is 0.339 e. The topological polar surface area (TPSA) is 77.8 Å². The molecular formula is C20H16N4O. The molecular weight excluding hydrogens is 312 g/mol. The van der Waals surface area contributed by atoms with E-state index in [1.165, 1.54) is 0 Å². The Hall–Kier alpha value is -3.65. The van der Waals surface area contributed by atoms with Crippen LogP contribution in [-0.4, -0.2) is 10.9 Å². The van der Waals surface area contributed by atoms with Crippen molar-refractivity contribution in [3.63, 3.8) is 0 Å². The number of rotatable bonds is 5. The molecule has 0 spiro atoms. The number of hydrogen-bond donors (Lipinski definition) is 2. The number of amides is 1. The predicted octanol–water partition coefficient (Wildman–Crippen LogP) is 3.88. The van der Waals surface area contributed by atoms with E-state index in [1.54, 1.807) is 24.4 Å². The Morgan fingerprint density at radius 2 is 1.76 bits per heavy atom. The number of nitrogens with one attached hydrogen (secondary N) is 2. The molecule has 2 aromatic carbocycles. The summed E-state index contributed by atoms with van der Waals surface area (Å²) in [4.78, 5) is 16.3. The van der Waals surface area contributed by atoms with Gasteiger partial charge in [0, 0.05) is 0 Å². The molecule has 5 nitrogen and oxygen atoms in total. The molecule has 1 aromatic heterocycles. The van der Waals surface area contributed by atoms with Crippen LogP contribution < -0.4 is 10.6 Å². The van der Waals surface area contributed by atoms with Crippen LogP contribution in [0.2, 0.25) is 0 Å². The second kappa shape index (κ2) is 7.75. The molecule has 3 aromatic rings. The fraction of sp³-hybridized carbons (Fsp3) is 0.0500. The van der Waals surface area contributed by atoms with E-state index in [2.05, 4.69) is 21.7 Å². The van der Waals surface area contributed by atoms with Crippen molar-refractivity contribution < 1.29 is 4.79 Å². The highest BCUT2D eigenvalue weighted by atomic mass is 16.1. The highest BCUT2D eigenvalue weighted by molar-refractivity contribution is 5.92. The average Bonchev–Trinajstić information content (AvgIpc) is 2.64. The van der Waals surface area contributed by atoms with E-state index in [-0.39, 0.29) is 5.91 Å². The molecule has 0 aliphatic carbocycles. The number of aromatic nitrogens is 1. The number of carbonyl (C=O) groups excluding carboxylic acids is 1. The van der Waals surface area contributed by atoms with Crippen LogP contribution in [-0.2, 0) is 11.2 Å². The average molecular weight is 328 g/mol. The Labute approximate surface area is 146 Å². The third-order valence-corrected chi connectivity index (χ3v) is 3.57. The number of carbonyl (C=O) groups is 1. The minimum atomic E-state index is -0.0939. The van der Waals surface area contributed by atoms with Crippen molar-refractivity contribution in [3.05, 3.63) is 84.1 Å². The molecule has 25 heavy (non-hydrogen) atoms. The van der Waals surface area contributed by atoms with Gasteiger partial charge >= 0.3 is 0 Å². The maximum Gasteiger partial charge on any atom is 0.228 e. The van der Waals surface area contributed by atoms with Gasteiger partial charge in [-0.2, -0.15) is 5.26 Å². The minimum absolute atomic E-state index is 0.0939. The molecule has 5 heteroatoms. The van der Waals surface area contributed by atoms with Crippen molar-refractivity contribution in [1.29, 1.82) is 5.26 Å². The van der Waals surface area contributed by atoms with Gasteiger partial charge in [-0.05, 0) is 29.8 Å². The maximum atomic E-state index is 12.1. The summed E-state index contributed by atoms with van der Waals surface area (Å²) < 4.78 is 0. The van der Waals surface area contributed by atoms with Gasteiger partial charge in [0.25, 0.3) is 0 Å². The Morgan fingerprint density at radius 1 is 1.00 bits per heavy atom. The molecule has 0 radical (unpaired) electrons. The summed E-state index contributed by atoms with van der Waals surface area (Å²) in [7, 11) is 0. The molecule has 0 saturated heterocycles. The summed E-state index contributed by atoms with van der Waals surface area (Å²) in [5, 5.41) is 15.0. The van der Waals surface area contributed by atoms with Crippen LogP contribution in [0.5, 0.6) is 0 Å². The normalized spacial score (nSPS) is 9.88. The van der Waals surface area contributed by atoms with Gasteiger partial charge in [0.05, 0.1) is 29.6 Å². The first kappa shape index (κ1) is 16.2.